The molecule has 0 unspecified atom stereocenters. The number of aromatic nitrogens is 1. The van der Waals surface area contributed by atoms with Gasteiger partial charge in [0, 0.05) is 22.5 Å². The number of carboxylic acid groups (broad SMARTS) is 2. The van der Waals surface area contributed by atoms with E-state index in [0.717, 1.165) is 32.8 Å². The lowest BCUT2D eigenvalue weighted by atomic mass is 10.2. The van der Waals surface area contributed by atoms with Gasteiger partial charge in [-0.3, -0.25) is 4.98 Å². The first-order valence-corrected chi connectivity index (χ1v) is 8.50. The Hall–Kier alpha value is -1.76. The number of carbonyl (C=O) groups is 2. The lowest BCUT2D eigenvalue weighted by molar-refractivity contribution is -0.159. The summed E-state index contributed by atoms with van der Waals surface area (Å²) in [6.07, 6.45) is 2.88. The molecule has 0 aliphatic heterocycles. The van der Waals surface area contributed by atoms with E-state index in [-0.39, 0.29) is 0 Å². The van der Waals surface area contributed by atoms with Crippen LogP contribution in [0.4, 0.5) is 0 Å². The molecule has 5 nitrogen and oxygen atoms in total. The van der Waals surface area contributed by atoms with Crippen LogP contribution in [0.1, 0.15) is 11.3 Å². The van der Waals surface area contributed by atoms with Crippen molar-refractivity contribution in [3.63, 3.8) is 0 Å². The number of carboxylic acids is 2. The topological polar surface area (TPSA) is 87.5 Å². The van der Waals surface area contributed by atoms with Crippen molar-refractivity contribution in [2.45, 2.75) is 18.2 Å². The van der Waals surface area contributed by atoms with E-state index in [1.54, 1.807) is 11.8 Å². The van der Waals surface area contributed by atoms with Crippen LogP contribution < -0.4 is 0 Å². The largest absolute Gasteiger partial charge is 0.473 e. The first-order valence-electron chi connectivity index (χ1n) is 6.75. The van der Waals surface area contributed by atoms with Gasteiger partial charge in [0.1, 0.15) is 0 Å². The van der Waals surface area contributed by atoms with Crippen LogP contribution in [0.25, 0.3) is 0 Å². The van der Waals surface area contributed by atoms with E-state index in [1.807, 2.05) is 37.4 Å². The van der Waals surface area contributed by atoms with E-state index >= 15 is 0 Å². The van der Waals surface area contributed by atoms with Gasteiger partial charge in [-0.1, -0.05) is 35.3 Å². The van der Waals surface area contributed by atoms with E-state index in [9.17, 15) is 0 Å². The molecule has 1 aromatic heterocycles. The molecule has 0 bridgehead atoms. The number of pyridine rings is 1. The predicted octanol–water partition coefficient (Wildman–Crippen LogP) is 4.19. The van der Waals surface area contributed by atoms with Crippen LogP contribution in [-0.2, 0) is 16.0 Å². The Morgan fingerprint density at radius 1 is 1.08 bits per heavy atom. The highest BCUT2D eigenvalue weighted by Crippen LogP contribution is 2.34. The molecule has 0 fully saturated rings. The maximum Gasteiger partial charge on any atom is 0.414 e. The summed E-state index contributed by atoms with van der Waals surface area (Å²) in [5.41, 5.74) is 2.27. The number of hydrogen-bond acceptors (Lipinski definition) is 4. The summed E-state index contributed by atoms with van der Waals surface area (Å²) in [6, 6.07) is 9.73. The molecule has 1 heterocycles. The average Bonchev–Trinajstić information content (AvgIpc) is 2.52. The molecule has 0 saturated heterocycles. The molecule has 2 rings (SSSR count). The van der Waals surface area contributed by atoms with Gasteiger partial charge in [0.15, 0.2) is 0 Å². The number of aryl methyl sites for hydroxylation is 2. The van der Waals surface area contributed by atoms with Crippen LogP contribution in [-0.4, -0.2) is 32.9 Å². The molecule has 2 aromatic rings. The quantitative estimate of drug-likeness (QED) is 0.603. The number of thioether (sulfide) groups is 1. The zero-order valence-electron chi connectivity index (χ0n) is 12.7. The summed E-state index contributed by atoms with van der Waals surface area (Å²) in [7, 11) is 0. The van der Waals surface area contributed by atoms with Crippen molar-refractivity contribution in [1.82, 2.24) is 4.98 Å². The van der Waals surface area contributed by atoms with Crippen molar-refractivity contribution in [2.75, 3.05) is 5.75 Å². The number of aliphatic carboxylic acids is 2. The van der Waals surface area contributed by atoms with Crippen molar-refractivity contribution in [1.29, 1.82) is 0 Å². The molecule has 0 atom stereocenters. The Bertz CT molecular complexity index is 675. The molecule has 128 valence electrons. The molecular weight excluding hydrogens is 373 g/mol. The average molecular weight is 388 g/mol. The van der Waals surface area contributed by atoms with E-state index in [2.05, 4.69) is 11.1 Å². The second-order valence-electron chi connectivity index (χ2n) is 4.57. The molecular formula is C16H15Cl2NO4S. The Morgan fingerprint density at radius 3 is 2.12 bits per heavy atom. The zero-order valence-corrected chi connectivity index (χ0v) is 15.0. The van der Waals surface area contributed by atoms with Crippen molar-refractivity contribution < 1.29 is 19.8 Å². The highest BCUT2D eigenvalue weighted by Gasteiger charge is 2.06. The third-order valence-corrected chi connectivity index (χ3v) is 4.70. The minimum Gasteiger partial charge on any atom is -0.473 e. The van der Waals surface area contributed by atoms with Crippen LogP contribution in [0.2, 0.25) is 10.0 Å². The van der Waals surface area contributed by atoms with Gasteiger partial charge in [0.2, 0.25) is 0 Å². The van der Waals surface area contributed by atoms with E-state index < -0.39 is 11.9 Å². The Kier molecular flexibility index (Phi) is 8.60. The smallest absolute Gasteiger partial charge is 0.414 e. The maximum absolute atomic E-state index is 9.10. The van der Waals surface area contributed by atoms with Crippen molar-refractivity contribution in [2.24, 2.45) is 0 Å². The second-order valence-corrected chi connectivity index (χ2v) is 6.49. The molecule has 0 radical (unpaired) electrons. The van der Waals surface area contributed by atoms with Gasteiger partial charge in [-0.05, 0) is 37.1 Å². The SMILES string of the molecule is Cc1ccc(CCSc2c(Cl)cccc2Cl)cn1.O=C(O)C(=O)O. The number of benzene rings is 1. The van der Waals surface area contributed by atoms with Gasteiger partial charge in [0.05, 0.1) is 10.0 Å². The molecule has 0 amide bonds. The van der Waals surface area contributed by atoms with Crippen LogP contribution in [0.5, 0.6) is 0 Å². The lowest BCUT2D eigenvalue weighted by Gasteiger charge is -2.06. The van der Waals surface area contributed by atoms with Crippen LogP contribution in [0.3, 0.4) is 0 Å². The lowest BCUT2D eigenvalue weighted by Crippen LogP contribution is -2.09. The van der Waals surface area contributed by atoms with Crippen LogP contribution in [0.15, 0.2) is 41.4 Å². The van der Waals surface area contributed by atoms with E-state index in [1.165, 1.54) is 5.56 Å². The van der Waals surface area contributed by atoms with Crippen molar-refractivity contribution in [3.05, 3.63) is 57.8 Å². The maximum atomic E-state index is 9.10. The minimum absolute atomic E-state index is 0.717. The molecule has 0 spiro atoms. The summed E-state index contributed by atoms with van der Waals surface area (Å²) in [5.74, 6) is -2.71. The van der Waals surface area contributed by atoms with Gasteiger partial charge >= 0.3 is 11.9 Å². The van der Waals surface area contributed by atoms with Gasteiger partial charge in [-0.15, -0.1) is 11.8 Å². The van der Waals surface area contributed by atoms with Gasteiger partial charge in [-0.25, -0.2) is 9.59 Å². The van der Waals surface area contributed by atoms with Gasteiger partial charge in [0.25, 0.3) is 0 Å². The number of halogens is 2. The Labute approximate surface area is 153 Å². The number of rotatable bonds is 4. The third-order valence-electron chi connectivity index (χ3n) is 2.71. The first kappa shape index (κ1) is 20.3. The van der Waals surface area contributed by atoms with Crippen molar-refractivity contribution in [3.8, 4) is 0 Å². The molecule has 0 aliphatic rings. The fourth-order valence-electron chi connectivity index (χ4n) is 1.54. The second kappa shape index (κ2) is 10.2. The normalized spacial score (nSPS) is 9.79. The van der Waals surface area contributed by atoms with Crippen LogP contribution in [0, 0.1) is 6.92 Å². The molecule has 24 heavy (non-hydrogen) atoms. The summed E-state index contributed by atoms with van der Waals surface area (Å²) >= 11 is 13.9. The fourth-order valence-corrected chi connectivity index (χ4v) is 3.22. The summed E-state index contributed by atoms with van der Waals surface area (Å²) in [4.78, 5) is 23.4. The molecule has 8 heteroatoms. The summed E-state index contributed by atoms with van der Waals surface area (Å²) < 4.78 is 0. The number of hydrogen-bond donors (Lipinski definition) is 2. The van der Waals surface area contributed by atoms with Gasteiger partial charge < -0.3 is 10.2 Å². The van der Waals surface area contributed by atoms with E-state index in [4.69, 9.17) is 43.0 Å². The highest BCUT2D eigenvalue weighted by molar-refractivity contribution is 7.99. The van der Waals surface area contributed by atoms with E-state index in [0.29, 0.717) is 0 Å². The molecule has 2 N–H and O–H groups in total. The van der Waals surface area contributed by atoms with Crippen molar-refractivity contribution >= 4 is 46.9 Å². The van der Waals surface area contributed by atoms with Crippen LogP contribution >= 0.6 is 35.0 Å². The number of nitrogens with zero attached hydrogens (tertiary/aromatic N) is 1. The minimum atomic E-state index is -1.82. The third kappa shape index (κ3) is 7.21. The molecule has 0 aliphatic carbocycles. The fraction of sp³-hybridized carbons (Fsp3) is 0.188. The van der Waals surface area contributed by atoms with Gasteiger partial charge in [-0.2, -0.15) is 0 Å². The molecule has 0 saturated carbocycles. The summed E-state index contributed by atoms with van der Waals surface area (Å²) in [6.45, 7) is 1.99. The predicted molar refractivity (Wildman–Crippen MR) is 95.1 cm³/mol. The summed E-state index contributed by atoms with van der Waals surface area (Å²) in [5, 5.41) is 16.2. The monoisotopic (exact) mass is 387 g/mol. The highest BCUT2D eigenvalue weighted by atomic mass is 35.5. The molecule has 1 aromatic carbocycles. The Morgan fingerprint density at radius 2 is 1.67 bits per heavy atom. The standard InChI is InChI=1S/C14H13Cl2NS.C2H2O4/c1-10-5-6-11(9-17-10)7-8-18-14-12(15)3-2-4-13(14)16;3-1(4)2(5)6/h2-6,9H,7-8H2,1H3;(H,3,4)(H,5,6). The zero-order chi connectivity index (χ0) is 18.1. The Balaban J connectivity index is 0.000000413. The first-order chi connectivity index (χ1) is 11.3.